The molecule has 0 bridgehead atoms. The van der Waals surface area contributed by atoms with E-state index in [0.717, 1.165) is 5.56 Å². The average Bonchev–Trinajstić information content (AvgIpc) is 3.16. The zero-order valence-electron chi connectivity index (χ0n) is 18.3. The molecule has 0 saturated carbocycles. The largest absolute Gasteiger partial charge is 0.352 e. The SMILES string of the molecule is CC(C)(CC(=O)NCc1ccc(F)cc1)Cc1nnc2c(=O)n(-c3cccc(F)c3)ccn12. The zero-order valence-corrected chi connectivity index (χ0v) is 18.3. The van der Waals surface area contributed by atoms with E-state index >= 15 is 0 Å². The quantitative estimate of drug-likeness (QED) is 0.467. The molecule has 4 aromatic rings. The van der Waals surface area contributed by atoms with Crippen LogP contribution in [-0.4, -0.2) is 25.1 Å². The van der Waals surface area contributed by atoms with Gasteiger partial charge in [-0.2, -0.15) is 0 Å². The van der Waals surface area contributed by atoms with Crippen molar-refractivity contribution in [2.45, 2.75) is 33.2 Å². The van der Waals surface area contributed by atoms with Gasteiger partial charge in [-0.25, -0.2) is 8.78 Å². The van der Waals surface area contributed by atoms with Gasteiger partial charge in [0.15, 0.2) is 0 Å². The van der Waals surface area contributed by atoms with Crippen LogP contribution in [0.3, 0.4) is 0 Å². The van der Waals surface area contributed by atoms with Gasteiger partial charge in [0.25, 0.3) is 0 Å². The fourth-order valence-corrected chi connectivity index (χ4v) is 3.68. The first-order valence-electron chi connectivity index (χ1n) is 10.4. The van der Waals surface area contributed by atoms with Crippen LogP contribution in [0.4, 0.5) is 8.78 Å². The first-order valence-corrected chi connectivity index (χ1v) is 10.4. The summed E-state index contributed by atoms with van der Waals surface area (Å²) in [4.78, 5) is 25.3. The smallest absolute Gasteiger partial charge is 0.300 e. The highest BCUT2D eigenvalue weighted by Crippen LogP contribution is 2.25. The van der Waals surface area contributed by atoms with Crippen molar-refractivity contribution in [3.8, 4) is 5.69 Å². The molecule has 0 radical (unpaired) electrons. The molecule has 1 amide bonds. The Kier molecular flexibility index (Phi) is 6.04. The minimum absolute atomic E-state index is 0.119. The minimum Gasteiger partial charge on any atom is -0.352 e. The van der Waals surface area contributed by atoms with Crippen molar-refractivity contribution < 1.29 is 13.6 Å². The summed E-state index contributed by atoms with van der Waals surface area (Å²) in [6, 6.07) is 11.7. The molecular weight excluding hydrogens is 428 g/mol. The summed E-state index contributed by atoms with van der Waals surface area (Å²) in [5.41, 5.74) is 0.434. The van der Waals surface area contributed by atoms with Gasteiger partial charge >= 0.3 is 5.56 Å². The summed E-state index contributed by atoms with van der Waals surface area (Å²) in [7, 11) is 0. The van der Waals surface area contributed by atoms with Crippen molar-refractivity contribution in [3.63, 3.8) is 0 Å². The molecule has 0 atom stereocenters. The molecular formula is C24H23F2N5O2. The Balaban J connectivity index is 1.47. The van der Waals surface area contributed by atoms with Gasteiger partial charge in [-0.05, 0) is 41.3 Å². The van der Waals surface area contributed by atoms with Gasteiger partial charge in [-0.3, -0.25) is 18.6 Å². The lowest BCUT2D eigenvalue weighted by molar-refractivity contribution is -0.123. The number of hydrogen-bond acceptors (Lipinski definition) is 4. The fourth-order valence-electron chi connectivity index (χ4n) is 3.68. The molecule has 0 saturated heterocycles. The summed E-state index contributed by atoms with van der Waals surface area (Å²) in [6.07, 6.45) is 3.83. The molecule has 0 spiro atoms. The van der Waals surface area contributed by atoms with E-state index in [1.54, 1.807) is 35.0 Å². The standard InChI is InChI=1S/C24H23F2N5O2/c1-24(2,14-21(32)27-15-16-6-8-17(25)9-7-16)13-20-28-29-22-23(33)30(10-11-31(20)22)19-5-3-4-18(26)12-19/h3-12H,13-15H2,1-2H3,(H,27,32). The second-order valence-corrected chi connectivity index (χ2v) is 8.68. The Morgan fingerprint density at radius 1 is 1.03 bits per heavy atom. The second-order valence-electron chi connectivity index (χ2n) is 8.68. The van der Waals surface area contributed by atoms with Crippen molar-refractivity contribution >= 4 is 11.6 Å². The topological polar surface area (TPSA) is 81.3 Å². The van der Waals surface area contributed by atoms with Gasteiger partial charge in [0.05, 0.1) is 5.69 Å². The van der Waals surface area contributed by atoms with Crippen LogP contribution < -0.4 is 10.9 Å². The van der Waals surface area contributed by atoms with Crippen LogP contribution in [0.25, 0.3) is 11.3 Å². The normalized spacial score (nSPS) is 11.6. The van der Waals surface area contributed by atoms with E-state index in [4.69, 9.17) is 0 Å². The number of carbonyl (C=O) groups excluding carboxylic acids is 1. The molecule has 0 unspecified atom stereocenters. The van der Waals surface area contributed by atoms with Crippen LogP contribution in [0.15, 0.2) is 65.7 Å². The third kappa shape index (κ3) is 5.14. The van der Waals surface area contributed by atoms with Gasteiger partial charge in [-0.1, -0.05) is 32.0 Å². The fraction of sp³-hybridized carbons (Fsp3) is 0.250. The van der Waals surface area contributed by atoms with Crippen molar-refractivity contribution in [1.29, 1.82) is 0 Å². The van der Waals surface area contributed by atoms with Crippen LogP contribution in [0.1, 0.15) is 31.7 Å². The lowest BCUT2D eigenvalue weighted by Crippen LogP contribution is -2.30. The van der Waals surface area contributed by atoms with E-state index in [9.17, 15) is 18.4 Å². The molecule has 2 aromatic carbocycles. The first-order chi connectivity index (χ1) is 15.7. The molecule has 1 N–H and O–H groups in total. The third-order valence-corrected chi connectivity index (χ3v) is 5.31. The lowest BCUT2D eigenvalue weighted by atomic mass is 9.85. The molecule has 0 aliphatic carbocycles. The highest BCUT2D eigenvalue weighted by atomic mass is 19.1. The first kappa shape index (κ1) is 22.3. The number of hydrogen-bond donors (Lipinski definition) is 1. The van der Waals surface area contributed by atoms with E-state index in [-0.39, 0.29) is 23.8 Å². The average molecular weight is 451 g/mol. The lowest BCUT2D eigenvalue weighted by Gasteiger charge is -2.23. The third-order valence-electron chi connectivity index (χ3n) is 5.31. The minimum atomic E-state index is -0.465. The number of nitrogens with zero attached hydrogens (tertiary/aromatic N) is 4. The van der Waals surface area contributed by atoms with Crippen LogP contribution in [0.2, 0.25) is 0 Å². The number of amides is 1. The summed E-state index contributed by atoms with van der Waals surface area (Å²) in [6.45, 7) is 4.17. The highest BCUT2D eigenvalue weighted by molar-refractivity contribution is 5.76. The maximum atomic E-state index is 13.6. The number of fused-ring (bicyclic) bond motifs is 1. The summed E-state index contributed by atoms with van der Waals surface area (Å²) in [5.74, 6) is -0.369. The van der Waals surface area contributed by atoms with Gasteiger partial charge < -0.3 is 5.32 Å². The number of nitrogens with one attached hydrogen (secondary N) is 1. The Labute approximate surface area is 188 Å². The maximum absolute atomic E-state index is 13.6. The Morgan fingerprint density at radius 2 is 1.79 bits per heavy atom. The molecule has 0 fully saturated rings. The summed E-state index contributed by atoms with van der Waals surface area (Å²) >= 11 is 0. The molecule has 0 aliphatic rings. The predicted octanol–water partition coefficient (Wildman–Crippen LogP) is 3.43. The van der Waals surface area contributed by atoms with E-state index in [2.05, 4.69) is 15.5 Å². The Morgan fingerprint density at radius 3 is 2.52 bits per heavy atom. The number of carbonyl (C=O) groups is 1. The van der Waals surface area contributed by atoms with Crippen molar-refractivity contribution in [2.75, 3.05) is 0 Å². The van der Waals surface area contributed by atoms with Gasteiger partial charge in [-0.15, -0.1) is 10.2 Å². The molecule has 2 aromatic heterocycles. The maximum Gasteiger partial charge on any atom is 0.300 e. The van der Waals surface area contributed by atoms with Crippen molar-refractivity contribution in [2.24, 2.45) is 5.41 Å². The molecule has 9 heteroatoms. The molecule has 0 aliphatic heterocycles. The zero-order chi connectivity index (χ0) is 23.6. The highest BCUT2D eigenvalue weighted by Gasteiger charge is 2.25. The van der Waals surface area contributed by atoms with Crippen molar-refractivity contribution in [1.82, 2.24) is 24.5 Å². The van der Waals surface area contributed by atoms with Crippen molar-refractivity contribution in [3.05, 3.63) is 94.3 Å². The molecule has 4 rings (SSSR count). The van der Waals surface area contributed by atoms with Gasteiger partial charge in [0, 0.05) is 31.8 Å². The predicted molar refractivity (Wildman–Crippen MR) is 119 cm³/mol. The van der Waals surface area contributed by atoms with Gasteiger partial charge in [0.1, 0.15) is 17.5 Å². The second kappa shape index (κ2) is 8.93. The van der Waals surface area contributed by atoms with Crippen LogP contribution in [0.5, 0.6) is 0 Å². The number of rotatable bonds is 7. The van der Waals surface area contributed by atoms with Crippen LogP contribution in [0, 0.1) is 17.0 Å². The van der Waals surface area contributed by atoms with E-state index in [1.165, 1.54) is 34.9 Å². The Bertz CT molecular complexity index is 1360. The van der Waals surface area contributed by atoms with Crippen LogP contribution in [-0.2, 0) is 17.8 Å². The molecule has 2 heterocycles. The van der Waals surface area contributed by atoms with Gasteiger partial charge in [0.2, 0.25) is 11.6 Å². The number of aromatic nitrogens is 4. The molecule has 7 nitrogen and oxygen atoms in total. The van der Waals surface area contributed by atoms with E-state index in [0.29, 0.717) is 24.5 Å². The molecule has 170 valence electrons. The number of halogens is 2. The molecule has 33 heavy (non-hydrogen) atoms. The summed E-state index contributed by atoms with van der Waals surface area (Å²) < 4.78 is 29.5. The number of benzene rings is 2. The van der Waals surface area contributed by atoms with E-state index in [1.807, 2.05) is 13.8 Å². The van der Waals surface area contributed by atoms with Crippen LogP contribution >= 0.6 is 0 Å². The monoisotopic (exact) mass is 451 g/mol. The summed E-state index contributed by atoms with van der Waals surface area (Å²) in [5, 5.41) is 11.0. The Hall–Kier alpha value is -3.88. The van der Waals surface area contributed by atoms with E-state index < -0.39 is 16.8 Å².